The molecule has 7 nitrogen and oxygen atoms in total. The van der Waals surface area contributed by atoms with Crippen molar-refractivity contribution in [1.29, 1.82) is 0 Å². The molecule has 1 aromatic heterocycles. The van der Waals surface area contributed by atoms with E-state index in [1.165, 1.54) is 6.07 Å². The molecule has 1 aromatic rings. The second-order valence-corrected chi connectivity index (χ2v) is 3.92. The van der Waals surface area contributed by atoms with Crippen molar-refractivity contribution in [3.63, 3.8) is 0 Å². The van der Waals surface area contributed by atoms with E-state index in [0.717, 1.165) is 23.5 Å². The van der Waals surface area contributed by atoms with Crippen molar-refractivity contribution in [1.82, 2.24) is 9.78 Å². The molecule has 100 valence electrons. The van der Waals surface area contributed by atoms with Gasteiger partial charge in [0.15, 0.2) is 0 Å². The van der Waals surface area contributed by atoms with Crippen molar-refractivity contribution < 1.29 is 4.79 Å². The lowest BCUT2D eigenvalue weighted by molar-refractivity contribution is -0.119. The third-order valence-corrected chi connectivity index (χ3v) is 2.72. The van der Waals surface area contributed by atoms with E-state index in [0.29, 0.717) is 0 Å². The predicted octanol–water partition coefficient (Wildman–Crippen LogP) is -1.10. The van der Waals surface area contributed by atoms with Gasteiger partial charge in [-0.3, -0.25) is 9.59 Å². The van der Waals surface area contributed by atoms with Gasteiger partial charge in [0, 0.05) is 19.2 Å². The zero-order valence-corrected chi connectivity index (χ0v) is 10.7. The molecular weight excluding hydrogens is 234 g/mol. The highest BCUT2D eigenvalue weighted by Crippen LogP contribution is 2.08. The maximum atomic E-state index is 11.8. The molecule has 1 rings (SSSR count). The lowest BCUT2D eigenvalue weighted by atomic mass is 10.3. The second-order valence-electron chi connectivity index (χ2n) is 3.92. The van der Waals surface area contributed by atoms with Crippen LogP contribution in [0.4, 0.5) is 5.69 Å². The maximum Gasteiger partial charge on any atom is 0.268 e. The summed E-state index contributed by atoms with van der Waals surface area (Å²) in [6, 6.07) is 0.572. The summed E-state index contributed by atoms with van der Waals surface area (Å²) in [6.45, 7) is 5.58. The van der Waals surface area contributed by atoms with Crippen molar-refractivity contribution in [2.24, 2.45) is 11.5 Å². The minimum absolute atomic E-state index is 0.00725. The molecule has 1 amide bonds. The number of carbonyl (C=O) groups is 1. The van der Waals surface area contributed by atoms with Crippen molar-refractivity contribution in [2.75, 3.05) is 18.0 Å². The lowest BCUT2D eigenvalue weighted by Gasteiger charge is -2.20. The summed E-state index contributed by atoms with van der Waals surface area (Å²) >= 11 is 0. The summed E-state index contributed by atoms with van der Waals surface area (Å²) in [7, 11) is 0. The van der Waals surface area contributed by atoms with Crippen LogP contribution in [0, 0.1) is 0 Å². The van der Waals surface area contributed by atoms with Gasteiger partial charge in [-0.1, -0.05) is 0 Å². The predicted molar refractivity (Wildman–Crippen MR) is 69.2 cm³/mol. The first-order valence-electron chi connectivity index (χ1n) is 5.86. The lowest BCUT2D eigenvalue weighted by Crippen LogP contribution is -2.42. The quantitative estimate of drug-likeness (QED) is 0.669. The van der Waals surface area contributed by atoms with Gasteiger partial charge in [-0.15, -0.1) is 0 Å². The van der Waals surface area contributed by atoms with Crippen LogP contribution in [0.25, 0.3) is 0 Å². The highest BCUT2D eigenvalue weighted by atomic mass is 16.1. The Balaban J connectivity index is 2.93. The van der Waals surface area contributed by atoms with Crippen LogP contribution in [0.15, 0.2) is 17.1 Å². The monoisotopic (exact) mass is 253 g/mol. The molecule has 0 saturated heterocycles. The molecule has 4 N–H and O–H groups in total. The largest absolute Gasteiger partial charge is 0.371 e. The number of hydrogen-bond donors (Lipinski definition) is 2. The first-order chi connectivity index (χ1) is 8.49. The molecule has 0 aliphatic heterocycles. The number of hydrogen-bond acceptors (Lipinski definition) is 5. The molecular formula is C11H19N5O2. The van der Waals surface area contributed by atoms with Gasteiger partial charge < -0.3 is 16.4 Å². The van der Waals surface area contributed by atoms with Crippen LogP contribution >= 0.6 is 0 Å². The van der Waals surface area contributed by atoms with E-state index in [9.17, 15) is 9.59 Å². The number of amides is 1. The smallest absolute Gasteiger partial charge is 0.268 e. The van der Waals surface area contributed by atoms with Crippen LogP contribution in [0.2, 0.25) is 0 Å². The van der Waals surface area contributed by atoms with Crippen molar-refractivity contribution >= 4 is 11.6 Å². The number of rotatable bonds is 6. The van der Waals surface area contributed by atoms with Crippen LogP contribution < -0.4 is 21.9 Å². The molecule has 0 bridgehead atoms. The van der Waals surface area contributed by atoms with E-state index >= 15 is 0 Å². The Morgan fingerprint density at radius 2 is 2.11 bits per heavy atom. The SMILES string of the molecule is CCN(CC)c1cnn(CC(N)C(N)=O)c(=O)c1. The molecule has 0 aliphatic carbocycles. The summed E-state index contributed by atoms with van der Waals surface area (Å²) in [4.78, 5) is 24.6. The van der Waals surface area contributed by atoms with Crippen molar-refractivity contribution in [2.45, 2.75) is 26.4 Å². The molecule has 18 heavy (non-hydrogen) atoms. The van der Waals surface area contributed by atoms with E-state index in [4.69, 9.17) is 11.5 Å². The molecule has 1 heterocycles. The van der Waals surface area contributed by atoms with Crippen LogP contribution in [0.3, 0.4) is 0 Å². The normalized spacial score (nSPS) is 12.2. The fourth-order valence-electron chi connectivity index (χ4n) is 1.60. The molecule has 0 fully saturated rings. The highest BCUT2D eigenvalue weighted by Gasteiger charge is 2.12. The fraction of sp³-hybridized carbons (Fsp3) is 0.545. The van der Waals surface area contributed by atoms with Gasteiger partial charge in [0.2, 0.25) is 5.91 Å². The van der Waals surface area contributed by atoms with Gasteiger partial charge in [0.05, 0.1) is 18.4 Å². The van der Waals surface area contributed by atoms with Crippen LogP contribution in [-0.4, -0.2) is 34.8 Å². The van der Waals surface area contributed by atoms with Gasteiger partial charge in [0.1, 0.15) is 6.04 Å². The van der Waals surface area contributed by atoms with E-state index in [2.05, 4.69) is 5.10 Å². The van der Waals surface area contributed by atoms with Gasteiger partial charge in [-0.2, -0.15) is 5.10 Å². The number of primary amides is 1. The van der Waals surface area contributed by atoms with E-state index in [1.807, 2.05) is 18.7 Å². The van der Waals surface area contributed by atoms with Gasteiger partial charge in [-0.05, 0) is 13.8 Å². The fourth-order valence-corrected chi connectivity index (χ4v) is 1.60. The minimum atomic E-state index is -0.908. The number of nitrogens with two attached hydrogens (primary N) is 2. The van der Waals surface area contributed by atoms with E-state index in [1.54, 1.807) is 6.20 Å². The number of nitrogens with zero attached hydrogens (tertiary/aromatic N) is 3. The van der Waals surface area contributed by atoms with E-state index in [-0.39, 0.29) is 12.1 Å². The maximum absolute atomic E-state index is 11.8. The Bertz CT molecular complexity index is 467. The molecule has 0 spiro atoms. The number of aromatic nitrogens is 2. The number of carbonyl (C=O) groups excluding carboxylic acids is 1. The molecule has 7 heteroatoms. The summed E-state index contributed by atoms with van der Waals surface area (Å²) < 4.78 is 1.14. The zero-order valence-electron chi connectivity index (χ0n) is 10.7. The molecule has 0 aromatic carbocycles. The molecule has 1 atom stereocenters. The summed E-state index contributed by atoms with van der Waals surface area (Å²) in [5.74, 6) is -0.656. The van der Waals surface area contributed by atoms with E-state index < -0.39 is 11.9 Å². The minimum Gasteiger partial charge on any atom is -0.371 e. The first-order valence-corrected chi connectivity index (χ1v) is 5.86. The summed E-state index contributed by atoms with van der Waals surface area (Å²) in [6.07, 6.45) is 1.59. The summed E-state index contributed by atoms with van der Waals surface area (Å²) in [5, 5.41) is 3.99. The second kappa shape index (κ2) is 6.15. The topological polar surface area (TPSA) is 107 Å². The van der Waals surface area contributed by atoms with Crippen molar-refractivity contribution in [3.8, 4) is 0 Å². The molecule has 1 unspecified atom stereocenters. The zero-order chi connectivity index (χ0) is 13.7. The first kappa shape index (κ1) is 14.2. The molecule has 0 radical (unpaired) electrons. The molecule has 0 saturated carbocycles. The molecule has 0 aliphatic rings. The summed E-state index contributed by atoms with van der Waals surface area (Å²) in [5.41, 5.74) is 11.0. The Kier molecular flexibility index (Phi) is 4.85. The Morgan fingerprint density at radius 3 is 2.56 bits per heavy atom. The van der Waals surface area contributed by atoms with Crippen molar-refractivity contribution in [3.05, 3.63) is 22.6 Å². The van der Waals surface area contributed by atoms with Crippen LogP contribution in [0.1, 0.15) is 13.8 Å². The third kappa shape index (κ3) is 3.30. The standard InChI is InChI=1S/C11H19N5O2/c1-3-15(4-2)8-5-10(17)16(14-6-8)7-9(12)11(13)18/h5-6,9H,3-4,7,12H2,1-2H3,(H2,13,18). The van der Waals surface area contributed by atoms with Gasteiger partial charge in [-0.25, -0.2) is 4.68 Å². The Labute approximate surface area is 105 Å². The Hall–Kier alpha value is -1.89. The number of anilines is 1. The van der Waals surface area contributed by atoms with Crippen LogP contribution in [-0.2, 0) is 11.3 Å². The Morgan fingerprint density at radius 1 is 1.50 bits per heavy atom. The third-order valence-electron chi connectivity index (χ3n) is 2.72. The highest BCUT2D eigenvalue weighted by molar-refractivity contribution is 5.79. The van der Waals surface area contributed by atoms with Gasteiger partial charge in [0.25, 0.3) is 5.56 Å². The average molecular weight is 253 g/mol. The van der Waals surface area contributed by atoms with Gasteiger partial charge >= 0.3 is 0 Å². The van der Waals surface area contributed by atoms with Crippen LogP contribution in [0.5, 0.6) is 0 Å². The average Bonchev–Trinajstić information content (AvgIpc) is 2.33.